The van der Waals surface area contributed by atoms with E-state index in [-0.39, 0.29) is 0 Å². The number of anilines is 2. The first kappa shape index (κ1) is 11.3. The summed E-state index contributed by atoms with van der Waals surface area (Å²) in [5.74, 6) is 0. The van der Waals surface area contributed by atoms with Gasteiger partial charge in [0.1, 0.15) is 0 Å². The van der Waals surface area contributed by atoms with Crippen molar-refractivity contribution in [2.75, 3.05) is 30.0 Å². The van der Waals surface area contributed by atoms with Gasteiger partial charge in [0, 0.05) is 30.7 Å². The van der Waals surface area contributed by atoms with Gasteiger partial charge in [-0.15, -0.1) is 0 Å². The Balaban J connectivity index is 2.43. The topological polar surface area (TPSA) is 63.4 Å². The summed E-state index contributed by atoms with van der Waals surface area (Å²) >= 11 is 0. The minimum absolute atomic E-state index is 0.300. The summed E-state index contributed by atoms with van der Waals surface area (Å²) in [4.78, 5) is 2.47. The number of sulfone groups is 1. The van der Waals surface area contributed by atoms with Gasteiger partial charge in [-0.2, -0.15) is 0 Å². The summed E-state index contributed by atoms with van der Waals surface area (Å²) in [6.07, 6.45) is 3.52. The molecule has 0 unspecified atom stereocenters. The fourth-order valence-corrected chi connectivity index (χ4v) is 2.66. The number of hydrogen-bond donors (Lipinski definition) is 1. The predicted octanol–water partition coefficient (Wildman–Crippen LogP) is 1.27. The lowest BCUT2D eigenvalue weighted by molar-refractivity contribution is 0.602. The molecule has 1 aliphatic rings. The molecule has 0 saturated carbocycles. The third-order valence-corrected chi connectivity index (χ3v) is 3.90. The van der Waals surface area contributed by atoms with Crippen LogP contribution in [0, 0.1) is 0 Å². The van der Waals surface area contributed by atoms with E-state index in [4.69, 9.17) is 5.73 Å². The van der Waals surface area contributed by atoms with E-state index in [1.807, 2.05) is 6.07 Å². The Hall–Kier alpha value is -1.23. The quantitative estimate of drug-likeness (QED) is 0.791. The van der Waals surface area contributed by atoms with Gasteiger partial charge in [0.25, 0.3) is 0 Å². The first-order chi connectivity index (χ1) is 7.47. The molecule has 2 rings (SSSR count). The van der Waals surface area contributed by atoms with Crippen molar-refractivity contribution >= 4 is 21.2 Å². The van der Waals surface area contributed by atoms with Gasteiger partial charge in [0.05, 0.1) is 4.90 Å². The average molecular weight is 240 g/mol. The Morgan fingerprint density at radius 1 is 1.19 bits per heavy atom. The number of nitrogen functional groups attached to an aromatic ring is 1. The molecule has 4 nitrogen and oxygen atoms in total. The highest BCUT2D eigenvalue weighted by Crippen LogP contribution is 2.26. The standard InChI is InChI=1S/C11H16N2O2S/c1-16(14,15)11-7-9(12)6-10(8-11)13-4-2-3-5-13/h6-8H,2-5,12H2,1H3. The van der Waals surface area contributed by atoms with Crippen molar-refractivity contribution in [1.29, 1.82) is 0 Å². The molecule has 0 atom stereocenters. The Bertz CT molecular complexity index is 491. The average Bonchev–Trinajstić information content (AvgIpc) is 2.68. The van der Waals surface area contributed by atoms with Crippen molar-refractivity contribution in [1.82, 2.24) is 0 Å². The van der Waals surface area contributed by atoms with Crippen LogP contribution in [0.25, 0.3) is 0 Å². The summed E-state index contributed by atoms with van der Waals surface area (Å²) in [6, 6.07) is 5.05. The van der Waals surface area contributed by atoms with E-state index in [2.05, 4.69) is 4.90 Å². The normalized spacial score (nSPS) is 16.7. The van der Waals surface area contributed by atoms with Gasteiger partial charge >= 0.3 is 0 Å². The highest BCUT2D eigenvalue weighted by atomic mass is 32.2. The second-order valence-corrected chi connectivity index (χ2v) is 6.24. The molecule has 16 heavy (non-hydrogen) atoms. The fraction of sp³-hybridized carbons (Fsp3) is 0.455. The van der Waals surface area contributed by atoms with Gasteiger partial charge in [-0.3, -0.25) is 0 Å². The van der Waals surface area contributed by atoms with E-state index in [0.717, 1.165) is 31.6 Å². The molecule has 1 heterocycles. The van der Waals surface area contributed by atoms with Crippen molar-refractivity contribution < 1.29 is 8.42 Å². The second kappa shape index (κ2) is 3.97. The van der Waals surface area contributed by atoms with Crippen molar-refractivity contribution in [3.05, 3.63) is 18.2 Å². The maximum atomic E-state index is 11.5. The molecule has 88 valence electrons. The smallest absolute Gasteiger partial charge is 0.175 e. The van der Waals surface area contributed by atoms with Gasteiger partial charge in [-0.1, -0.05) is 0 Å². The van der Waals surface area contributed by atoms with Gasteiger partial charge in [0.15, 0.2) is 9.84 Å². The molecule has 1 aliphatic heterocycles. The van der Waals surface area contributed by atoms with Gasteiger partial charge in [-0.25, -0.2) is 8.42 Å². The van der Waals surface area contributed by atoms with Crippen molar-refractivity contribution in [2.24, 2.45) is 0 Å². The van der Waals surface area contributed by atoms with E-state index < -0.39 is 9.84 Å². The van der Waals surface area contributed by atoms with Crippen LogP contribution in [0.5, 0.6) is 0 Å². The molecule has 0 bridgehead atoms. The van der Waals surface area contributed by atoms with E-state index >= 15 is 0 Å². The van der Waals surface area contributed by atoms with Crippen molar-refractivity contribution in [3.63, 3.8) is 0 Å². The van der Waals surface area contributed by atoms with Crippen LogP contribution in [0.4, 0.5) is 11.4 Å². The van der Waals surface area contributed by atoms with Crippen LogP contribution in [0.15, 0.2) is 23.1 Å². The van der Waals surface area contributed by atoms with E-state index in [9.17, 15) is 8.42 Å². The van der Waals surface area contributed by atoms with E-state index in [1.165, 1.54) is 12.3 Å². The number of nitrogens with zero attached hydrogens (tertiary/aromatic N) is 1. The van der Waals surface area contributed by atoms with E-state index in [0.29, 0.717) is 10.6 Å². The molecule has 0 aromatic heterocycles. The Labute approximate surface area is 96.0 Å². The fourth-order valence-electron chi connectivity index (χ4n) is 1.98. The lowest BCUT2D eigenvalue weighted by Gasteiger charge is -2.18. The summed E-state index contributed by atoms with van der Waals surface area (Å²) in [5, 5.41) is 0. The first-order valence-corrected chi connectivity index (χ1v) is 7.21. The van der Waals surface area contributed by atoms with Crippen LogP contribution in [0.2, 0.25) is 0 Å². The first-order valence-electron chi connectivity index (χ1n) is 5.32. The van der Waals surface area contributed by atoms with Crippen molar-refractivity contribution in [2.45, 2.75) is 17.7 Å². The Kier molecular flexibility index (Phi) is 2.80. The number of nitrogens with two attached hydrogens (primary N) is 1. The summed E-state index contributed by atoms with van der Waals surface area (Å²) in [6.45, 7) is 1.96. The molecular weight excluding hydrogens is 224 g/mol. The Morgan fingerprint density at radius 3 is 2.38 bits per heavy atom. The monoisotopic (exact) mass is 240 g/mol. The van der Waals surface area contributed by atoms with Crippen molar-refractivity contribution in [3.8, 4) is 0 Å². The Morgan fingerprint density at radius 2 is 1.81 bits per heavy atom. The molecule has 2 N–H and O–H groups in total. The summed E-state index contributed by atoms with van der Waals surface area (Å²) in [5.41, 5.74) is 7.15. The lowest BCUT2D eigenvalue weighted by atomic mass is 10.2. The second-order valence-electron chi connectivity index (χ2n) is 4.23. The predicted molar refractivity (Wildman–Crippen MR) is 65.4 cm³/mol. The molecule has 0 spiro atoms. The lowest BCUT2D eigenvalue weighted by Crippen LogP contribution is -2.18. The zero-order chi connectivity index (χ0) is 11.8. The summed E-state index contributed by atoms with van der Waals surface area (Å²) < 4.78 is 23.0. The van der Waals surface area contributed by atoms with Gasteiger partial charge < -0.3 is 10.6 Å². The highest BCUT2D eigenvalue weighted by molar-refractivity contribution is 7.90. The number of rotatable bonds is 2. The zero-order valence-corrected chi connectivity index (χ0v) is 10.1. The van der Waals surface area contributed by atoms with Crippen LogP contribution in [0.3, 0.4) is 0 Å². The molecule has 5 heteroatoms. The highest BCUT2D eigenvalue weighted by Gasteiger charge is 2.16. The third kappa shape index (κ3) is 2.29. The molecule has 1 aromatic carbocycles. The molecule has 1 saturated heterocycles. The van der Waals surface area contributed by atoms with Crippen LogP contribution in [-0.2, 0) is 9.84 Å². The summed E-state index contributed by atoms with van der Waals surface area (Å²) in [7, 11) is -3.18. The third-order valence-electron chi connectivity index (χ3n) is 2.81. The molecule has 0 amide bonds. The maximum absolute atomic E-state index is 11.5. The number of benzene rings is 1. The number of hydrogen-bond acceptors (Lipinski definition) is 4. The van der Waals surface area contributed by atoms with Crippen LogP contribution in [0.1, 0.15) is 12.8 Å². The van der Waals surface area contributed by atoms with Gasteiger partial charge in [0.2, 0.25) is 0 Å². The SMILES string of the molecule is CS(=O)(=O)c1cc(N)cc(N2CCCC2)c1. The van der Waals surface area contributed by atoms with Crippen LogP contribution in [-0.4, -0.2) is 27.8 Å². The maximum Gasteiger partial charge on any atom is 0.175 e. The molecule has 1 fully saturated rings. The van der Waals surface area contributed by atoms with Gasteiger partial charge in [-0.05, 0) is 31.0 Å². The largest absolute Gasteiger partial charge is 0.399 e. The van der Waals surface area contributed by atoms with E-state index in [1.54, 1.807) is 6.07 Å². The van der Waals surface area contributed by atoms with Crippen LogP contribution < -0.4 is 10.6 Å². The van der Waals surface area contributed by atoms with Crippen LogP contribution >= 0.6 is 0 Å². The molecule has 1 aromatic rings. The molecular formula is C11H16N2O2S. The zero-order valence-electron chi connectivity index (χ0n) is 9.31. The minimum atomic E-state index is -3.18. The minimum Gasteiger partial charge on any atom is -0.399 e. The molecule has 0 aliphatic carbocycles. The molecule has 0 radical (unpaired) electrons.